The van der Waals surface area contributed by atoms with Crippen LogP contribution in [-0.4, -0.2) is 46.2 Å². The van der Waals surface area contributed by atoms with Gasteiger partial charge in [-0.05, 0) is 49.7 Å². The third-order valence-corrected chi connectivity index (χ3v) is 5.00. The van der Waals surface area contributed by atoms with Gasteiger partial charge in [0.15, 0.2) is 0 Å². The Kier molecular flexibility index (Phi) is 5.80. The van der Waals surface area contributed by atoms with E-state index in [1.807, 2.05) is 66.9 Å². The van der Waals surface area contributed by atoms with Crippen molar-refractivity contribution >= 4 is 5.91 Å². The highest BCUT2D eigenvalue weighted by atomic mass is 16.5. The number of hydrogen-bond donors (Lipinski definition) is 1. The number of likely N-dealkylation sites (N-methyl/N-ethyl adjacent to an activating group) is 1. The molecule has 2 heterocycles. The molecular formula is C22H25N3O3. The Labute approximate surface area is 165 Å². The van der Waals surface area contributed by atoms with Crippen molar-refractivity contribution in [2.75, 3.05) is 20.8 Å². The predicted molar refractivity (Wildman–Crippen MR) is 108 cm³/mol. The summed E-state index contributed by atoms with van der Waals surface area (Å²) in [6, 6.07) is 14.5. The van der Waals surface area contributed by atoms with Gasteiger partial charge < -0.3 is 19.3 Å². The number of aryl methyl sites for hydroxylation is 1. The third-order valence-electron chi connectivity index (χ3n) is 5.00. The van der Waals surface area contributed by atoms with E-state index in [0.717, 1.165) is 28.5 Å². The van der Waals surface area contributed by atoms with E-state index in [4.69, 9.17) is 4.74 Å². The summed E-state index contributed by atoms with van der Waals surface area (Å²) in [5, 5.41) is 9.94. The maximum absolute atomic E-state index is 13.2. The Morgan fingerprint density at radius 2 is 1.93 bits per heavy atom. The molecule has 1 N–H and O–H groups in total. The lowest BCUT2D eigenvalue weighted by Crippen LogP contribution is -2.33. The molecule has 0 bridgehead atoms. The van der Waals surface area contributed by atoms with E-state index in [2.05, 4.69) is 4.98 Å². The van der Waals surface area contributed by atoms with Crippen LogP contribution in [0.3, 0.4) is 0 Å². The fourth-order valence-corrected chi connectivity index (χ4v) is 3.43. The summed E-state index contributed by atoms with van der Waals surface area (Å²) < 4.78 is 7.14. The van der Waals surface area contributed by atoms with Gasteiger partial charge in [0, 0.05) is 24.6 Å². The van der Waals surface area contributed by atoms with Gasteiger partial charge >= 0.3 is 0 Å². The summed E-state index contributed by atoms with van der Waals surface area (Å²) in [7, 11) is 3.31. The molecule has 2 aromatic heterocycles. The number of carbonyl (C=O) groups excluding carboxylic acids is 1. The van der Waals surface area contributed by atoms with E-state index in [-0.39, 0.29) is 12.5 Å². The van der Waals surface area contributed by atoms with E-state index < -0.39 is 6.04 Å². The molecule has 0 radical (unpaired) electrons. The Morgan fingerprint density at radius 3 is 2.50 bits per heavy atom. The maximum Gasteiger partial charge on any atom is 0.256 e. The van der Waals surface area contributed by atoms with Crippen molar-refractivity contribution in [3.63, 3.8) is 0 Å². The van der Waals surface area contributed by atoms with Crippen LogP contribution in [0.25, 0.3) is 5.82 Å². The molecule has 0 aliphatic carbocycles. The third kappa shape index (κ3) is 3.64. The Morgan fingerprint density at radius 1 is 1.21 bits per heavy atom. The molecule has 0 spiro atoms. The molecule has 3 rings (SSSR count). The topological polar surface area (TPSA) is 67.6 Å². The lowest BCUT2D eigenvalue weighted by atomic mass is 10.0. The summed E-state index contributed by atoms with van der Waals surface area (Å²) >= 11 is 0. The van der Waals surface area contributed by atoms with Gasteiger partial charge in [-0.3, -0.25) is 4.79 Å². The minimum absolute atomic E-state index is 0.148. The predicted octanol–water partition coefficient (Wildman–Crippen LogP) is 3.30. The van der Waals surface area contributed by atoms with Gasteiger partial charge in [-0.1, -0.05) is 18.2 Å². The number of aliphatic hydroxyl groups excluding tert-OH is 1. The van der Waals surface area contributed by atoms with Crippen molar-refractivity contribution in [1.29, 1.82) is 0 Å². The van der Waals surface area contributed by atoms with Crippen molar-refractivity contribution in [2.45, 2.75) is 19.9 Å². The van der Waals surface area contributed by atoms with Crippen LogP contribution in [0.15, 0.2) is 54.7 Å². The van der Waals surface area contributed by atoms with Gasteiger partial charge in [-0.25, -0.2) is 4.98 Å². The first-order valence-corrected chi connectivity index (χ1v) is 9.10. The van der Waals surface area contributed by atoms with E-state index >= 15 is 0 Å². The second-order valence-corrected chi connectivity index (χ2v) is 6.70. The molecule has 6 nitrogen and oxygen atoms in total. The average Bonchev–Trinajstić information content (AvgIpc) is 3.03. The highest BCUT2D eigenvalue weighted by Gasteiger charge is 2.26. The summed E-state index contributed by atoms with van der Waals surface area (Å²) in [6.07, 6.45) is 1.73. The number of aliphatic hydroxyl groups is 1. The van der Waals surface area contributed by atoms with Crippen LogP contribution < -0.4 is 4.74 Å². The van der Waals surface area contributed by atoms with E-state index in [1.54, 1.807) is 25.3 Å². The molecule has 1 amide bonds. The highest BCUT2D eigenvalue weighted by molar-refractivity contribution is 5.96. The summed E-state index contributed by atoms with van der Waals surface area (Å²) in [4.78, 5) is 19.2. The van der Waals surface area contributed by atoms with Gasteiger partial charge in [0.2, 0.25) is 0 Å². The van der Waals surface area contributed by atoms with Crippen molar-refractivity contribution in [3.05, 3.63) is 77.2 Å². The van der Waals surface area contributed by atoms with Gasteiger partial charge in [0.05, 0.1) is 25.3 Å². The minimum atomic E-state index is -0.448. The molecule has 0 unspecified atom stereocenters. The van der Waals surface area contributed by atoms with Crippen LogP contribution in [0.2, 0.25) is 0 Å². The van der Waals surface area contributed by atoms with E-state index in [9.17, 15) is 9.90 Å². The van der Waals surface area contributed by atoms with Crippen molar-refractivity contribution in [2.24, 2.45) is 0 Å². The zero-order chi connectivity index (χ0) is 20.3. The molecule has 1 aromatic carbocycles. The molecule has 0 saturated carbocycles. The van der Waals surface area contributed by atoms with E-state index in [0.29, 0.717) is 5.56 Å². The Bertz CT molecular complexity index is 949. The molecule has 0 fully saturated rings. The first-order chi connectivity index (χ1) is 13.5. The lowest BCUT2D eigenvalue weighted by Gasteiger charge is -2.27. The quantitative estimate of drug-likeness (QED) is 0.714. The zero-order valence-electron chi connectivity index (χ0n) is 16.6. The summed E-state index contributed by atoms with van der Waals surface area (Å²) in [6.45, 7) is 3.68. The first kappa shape index (κ1) is 19.6. The zero-order valence-corrected chi connectivity index (χ0v) is 16.6. The molecule has 3 aromatic rings. The second kappa shape index (κ2) is 8.27. The van der Waals surface area contributed by atoms with E-state index in [1.165, 1.54) is 0 Å². The second-order valence-electron chi connectivity index (χ2n) is 6.70. The van der Waals surface area contributed by atoms with Crippen LogP contribution in [0.4, 0.5) is 0 Å². The smallest absolute Gasteiger partial charge is 0.256 e. The maximum atomic E-state index is 13.2. The molecule has 0 aliphatic heterocycles. The number of benzene rings is 1. The Balaban J connectivity index is 1.92. The number of nitrogens with zero attached hydrogens (tertiary/aromatic N) is 3. The van der Waals surface area contributed by atoms with Gasteiger partial charge in [-0.2, -0.15) is 0 Å². The molecule has 0 aliphatic rings. The van der Waals surface area contributed by atoms with Crippen LogP contribution in [-0.2, 0) is 0 Å². The van der Waals surface area contributed by atoms with Crippen molar-refractivity contribution < 1.29 is 14.6 Å². The fourth-order valence-electron chi connectivity index (χ4n) is 3.43. The van der Waals surface area contributed by atoms with Crippen LogP contribution in [0, 0.1) is 13.8 Å². The molecule has 0 saturated heterocycles. The average molecular weight is 379 g/mol. The molecule has 146 valence electrons. The van der Waals surface area contributed by atoms with Gasteiger partial charge in [0.1, 0.15) is 11.6 Å². The minimum Gasteiger partial charge on any atom is -0.497 e. The largest absolute Gasteiger partial charge is 0.497 e. The van der Waals surface area contributed by atoms with Crippen LogP contribution in [0.1, 0.15) is 33.4 Å². The number of carbonyl (C=O) groups is 1. The standard InChI is InChI=1S/C22H25N3O3/c1-15-13-19(16(2)25(15)21-7-5-6-12-23-21)22(27)24(3)20(14-26)17-8-10-18(28-4)11-9-17/h5-13,20,26H,14H2,1-4H3/t20-/m0/s1. The van der Waals surface area contributed by atoms with Crippen LogP contribution in [0.5, 0.6) is 5.75 Å². The molecule has 28 heavy (non-hydrogen) atoms. The van der Waals surface area contributed by atoms with Crippen molar-refractivity contribution in [3.8, 4) is 11.6 Å². The van der Waals surface area contributed by atoms with Crippen LogP contribution >= 0.6 is 0 Å². The molecular weight excluding hydrogens is 354 g/mol. The number of aromatic nitrogens is 2. The normalized spacial score (nSPS) is 11.9. The number of rotatable bonds is 6. The van der Waals surface area contributed by atoms with Gasteiger partial charge in [0.25, 0.3) is 5.91 Å². The Hall–Kier alpha value is -3.12. The summed E-state index contributed by atoms with van der Waals surface area (Å²) in [5.74, 6) is 1.35. The number of pyridine rings is 1. The molecule has 1 atom stereocenters. The lowest BCUT2D eigenvalue weighted by molar-refractivity contribution is 0.0658. The number of hydrogen-bond acceptors (Lipinski definition) is 4. The number of ether oxygens (including phenoxy) is 1. The first-order valence-electron chi connectivity index (χ1n) is 9.10. The number of amides is 1. The SMILES string of the molecule is COc1ccc([C@H](CO)N(C)C(=O)c2cc(C)n(-c3ccccn3)c2C)cc1. The number of methoxy groups -OCH3 is 1. The summed E-state index contributed by atoms with van der Waals surface area (Å²) in [5.41, 5.74) is 3.19. The van der Waals surface area contributed by atoms with Crippen molar-refractivity contribution in [1.82, 2.24) is 14.5 Å². The monoisotopic (exact) mass is 379 g/mol. The highest BCUT2D eigenvalue weighted by Crippen LogP contribution is 2.26. The molecule has 6 heteroatoms. The fraction of sp³-hybridized carbons (Fsp3) is 0.273. The van der Waals surface area contributed by atoms with Gasteiger partial charge in [-0.15, -0.1) is 0 Å².